The van der Waals surface area contributed by atoms with Crippen molar-refractivity contribution in [3.8, 4) is 0 Å². The Balaban J connectivity index is 1.65. The molecule has 2 aromatic rings. The first kappa shape index (κ1) is 21.1. The maximum absolute atomic E-state index is 12.9. The highest BCUT2D eigenvalue weighted by atomic mass is 32.2. The number of nitrogens with zero attached hydrogens (tertiary/aromatic N) is 2. The van der Waals surface area contributed by atoms with Gasteiger partial charge in [-0.2, -0.15) is 4.31 Å². The number of hydrogen-bond acceptors (Lipinski definition) is 4. The van der Waals surface area contributed by atoms with Crippen LogP contribution in [-0.4, -0.2) is 42.2 Å². The van der Waals surface area contributed by atoms with Crippen LogP contribution in [0.2, 0.25) is 0 Å². The van der Waals surface area contributed by atoms with Crippen LogP contribution in [0.5, 0.6) is 0 Å². The zero-order valence-electron chi connectivity index (χ0n) is 16.8. The molecular weight excluding hydrogens is 392 g/mol. The van der Waals surface area contributed by atoms with Gasteiger partial charge in [-0.25, -0.2) is 8.42 Å². The van der Waals surface area contributed by atoms with E-state index < -0.39 is 15.9 Å². The molecule has 1 aliphatic heterocycles. The van der Waals surface area contributed by atoms with Crippen LogP contribution < -0.4 is 11.1 Å². The number of carbonyl (C=O) groups is 2. The summed E-state index contributed by atoms with van der Waals surface area (Å²) in [6, 6.07) is 7.12. The van der Waals surface area contributed by atoms with Crippen molar-refractivity contribution in [3.63, 3.8) is 0 Å². The molecule has 1 fully saturated rings. The maximum atomic E-state index is 12.9. The Morgan fingerprint density at radius 1 is 1.14 bits per heavy atom. The van der Waals surface area contributed by atoms with Gasteiger partial charge in [-0.3, -0.25) is 9.59 Å². The summed E-state index contributed by atoms with van der Waals surface area (Å²) in [7, 11) is -2.17. The van der Waals surface area contributed by atoms with Crippen LogP contribution in [0.4, 0.5) is 5.69 Å². The number of aromatic nitrogens is 1. The lowest BCUT2D eigenvalue weighted by Gasteiger charge is -2.30. The fourth-order valence-electron chi connectivity index (χ4n) is 3.62. The molecule has 1 aromatic heterocycles. The topological polar surface area (TPSA) is 114 Å². The Morgan fingerprint density at radius 3 is 2.34 bits per heavy atom. The SMILES string of the molecule is Cc1ccc(NC(=O)C2CCN(S(=O)(=O)c3cc(C(N)=O)n(C)c3)CC2)c(C)c1. The van der Waals surface area contributed by atoms with Crippen LogP contribution in [0.3, 0.4) is 0 Å². The van der Waals surface area contributed by atoms with Gasteiger partial charge in [0.05, 0.1) is 0 Å². The second-order valence-electron chi connectivity index (χ2n) is 7.52. The molecule has 8 nitrogen and oxygen atoms in total. The van der Waals surface area contributed by atoms with Crippen molar-refractivity contribution in [3.05, 3.63) is 47.3 Å². The molecule has 2 amide bonds. The van der Waals surface area contributed by atoms with Crippen LogP contribution in [0.1, 0.15) is 34.5 Å². The normalized spacial score (nSPS) is 16.0. The molecule has 156 valence electrons. The van der Waals surface area contributed by atoms with Crippen molar-refractivity contribution in [1.29, 1.82) is 0 Å². The lowest BCUT2D eigenvalue weighted by atomic mass is 9.97. The Hall–Kier alpha value is -2.65. The Morgan fingerprint density at radius 2 is 1.79 bits per heavy atom. The average Bonchev–Trinajstić information content (AvgIpc) is 3.07. The van der Waals surface area contributed by atoms with Crippen molar-refractivity contribution in [1.82, 2.24) is 8.87 Å². The van der Waals surface area contributed by atoms with E-state index in [0.717, 1.165) is 16.8 Å². The first-order chi connectivity index (χ1) is 13.6. The molecule has 1 saturated heterocycles. The summed E-state index contributed by atoms with van der Waals surface area (Å²) in [5.41, 5.74) is 8.30. The largest absolute Gasteiger partial charge is 0.364 e. The van der Waals surface area contributed by atoms with Crippen LogP contribution in [-0.2, 0) is 21.9 Å². The minimum Gasteiger partial charge on any atom is -0.364 e. The first-order valence-electron chi connectivity index (χ1n) is 9.44. The number of nitrogens with one attached hydrogen (secondary N) is 1. The molecule has 0 bridgehead atoms. The molecule has 0 unspecified atom stereocenters. The Labute approximate surface area is 170 Å². The van der Waals surface area contributed by atoms with Crippen molar-refractivity contribution in [2.24, 2.45) is 18.7 Å². The summed E-state index contributed by atoms with van der Waals surface area (Å²) in [6.45, 7) is 4.42. The molecule has 9 heteroatoms. The molecule has 0 saturated carbocycles. The second kappa shape index (κ2) is 8.00. The lowest BCUT2D eigenvalue weighted by molar-refractivity contribution is -0.120. The zero-order chi connectivity index (χ0) is 21.3. The predicted octanol–water partition coefficient (Wildman–Crippen LogP) is 1.78. The number of primary amides is 1. The third-order valence-corrected chi connectivity index (χ3v) is 7.20. The molecule has 2 heterocycles. The Kier molecular flexibility index (Phi) is 5.81. The van der Waals surface area contributed by atoms with Gasteiger partial charge in [-0.1, -0.05) is 17.7 Å². The summed E-state index contributed by atoms with van der Waals surface area (Å²) in [4.78, 5) is 24.1. The predicted molar refractivity (Wildman–Crippen MR) is 110 cm³/mol. The molecule has 0 spiro atoms. The second-order valence-corrected chi connectivity index (χ2v) is 9.46. The molecule has 0 radical (unpaired) electrons. The van der Waals surface area contributed by atoms with E-state index in [1.165, 1.54) is 21.1 Å². The van der Waals surface area contributed by atoms with Crippen LogP contribution in [0.15, 0.2) is 35.4 Å². The van der Waals surface area contributed by atoms with E-state index in [2.05, 4.69) is 5.32 Å². The zero-order valence-corrected chi connectivity index (χ0v) is 17.6. The van der Waals surface area contributed by atoms with Gasteiger partial charge < -0.3 is 15.6 Å². The number of carbonyl (C=O) groups excluding carboxylic acids is 2. The minimum absolute atomic E-state index is 0.0342. The maximum Gasteiger partial charge on any atom is 0.265 e. The number of rotatable bonds is 5. The number of piperidine rings is 1. The fraction of sp³-hybridized carbons (Fsp3) is 0.400. The van der Waals surface area contributed by atoms with Gasteiger partial charge in [0, 0.05) is 37.9 Å². The molecular formula is C20H26N4O4S. The van der Waals surface area contributed by atoms with Crippen molar-refractivity contribution < 1.29 is 18.0 Å². The molecule has 1 aliphatic rings. The van der Waals surface area contributed by atoms with E-state index >= 15 is 0 Å². The average molecular weight is 419 g/mol. The number of aryl methyl sites for hydroxylation is 3. The lowest BCUT2D eigenvalue weighted by Crippen LogP contribution is -2.41. The number of nitrogens with two attached hydrogens (primary N) is 1. The van der Waals surface area contributed by atoms with E-state index in [1.54, 1.807) is 7.05 Å². The highest BCUT2D eigenvalue weighted by Gasteiger charge is 2.33. The number of benzene rings is 1. The van der Waals surface area contributed by atoms with E-state index in [9.17, 15) is 18.0 Å². The van der Waals surface area contributed by atoms with Crippen molar-refractivity contribution in [2.75, 3.05) is 18.4 Å². The van der Waals surface area contributed by atoms with Gasteiger partial charge in [-0.05, 0) is 44.4 Å². The summed E-state index contributed by atoms with van der Waals surface area (Å²) in [5.74, 6) is -1.03. The minimum atomic E-state index is -3.74. The third-order valence-electron chi connectivity index (χ3n) is 5.33. The highest BCUT2D eigenvalue weighted by Crippen LogP contribution is 2.26. The summed E-state index contributed by atoms with van der Waals surface area (Å²) < 4.78 is 28.5. The number of sulfonamides is 1. The number of anilines is 1. The van der Waals surface area contributed by atoms with Gasteiger partial charge in [-0.15, -0.1) is 0 Å². The van der Waals surface area contributed by atoms with Gasteiger partial charge in [0.2, 0.25) is 15.9 Å². The first-order valence-corrected chi connectivity index (χ1v) is 10.9. The van der Waals surface area contributed by atoms with E-state index in [1.807, 2.05) is 32.0 Å². The van der Waals surface area contributed by atoms with E-state index in [-0.39, 0.29) is 35.5 Å². The van der Waals surface area contributed by atoms with Gasteiger partial charge >= 0.3 is 0 Å². The van der Waals surface area contributed by atoms with Crippen molar-refractivity contribution in [2.45, 2.75) is 31.6 Å². The van der Waals surface area contributed by atoms with E-state index in [0.29, 0.717) is 12.8 Å². The number of amides is 2. The highest BCUT2D eigenvalue weighted by molar-refractivity contribution is 7.89. The van der Waals surface area contributed by atoms with Crippen LogP contribution in [0.25, 0.3) is 0 Å². The standard InChI is InChI=1S/C20H26N4O4S/c1-13-4-5-17(14(2)10-13)22-20(26)15-6-8-24(9-7-15)29(27,28)16-11-18(19(21)25)23(3)12-16/h4-5,10-12,15H,6-9H2,1-3H3,(H2,21,25)(H,22,26). The molecule has 29 heavy (non-hydrogen) atoms. The fourth-order valence-corrected chi connectivity index (χ4v) is 5.16. The summed E-state index contributed by atoms with van der Waals surface area (Å²) in [5, 5.41) is 2.95. The van der Waals surface area contributed by atoms with Gasteiger partial charge in [0.1, 0.15) is 10.6 Å². The monoisotopic (exact) mass is 418 g/mol. The van der Waals surface area contributed by atoms with Gasteiger partial charge in [0.15, 0.2) is 0 Å². The third kappa shape index (κ3) is 4.35. The molecule has 3 N–H and O–H groups in total. The van der Waals surface area contributed by atoms with Gasteiger partial charge in [0.25, 0.3) is 5.91 Å². The smallest absolute Gasteiger partial charge is 0.265 e. The number of hydrogen-bond donors (Lipinski definition) is 2. The summed E-state index contributed by atoms with van der Waals surface area (Å²) >= 11 is 0. The molecule has 0 atom stereocenters. The molecule has 0 aliphatic carbocycles. The van der Waals surface area contributed by atoms with Crippen LogP contribution >= 0.6 is 0 Å². The Bertz CT molecular complexity index is 1050. The molecule has 3 rings (SSSR count). The van der Waals surface area contributed by atoms with E-state index in [4.69, 9.17) is 5.73 Å². The summed E-state index contributed by atoms with van der Waals surface area (Å²) in [6.07, 6.45) is 2.26. The molecule has 1 aromatic carbocycles. The van der Waals surface area contributed by atoms with Crippen molar-refractivity contribution >= 4 is 27.5 Å². The van der Waals surface area contributed by atoms with Crippen LogP contribution in [0, 0.1) is 19.8 Å². The quantitative estimate of drug-likeness (QED) is 0.770.